The molecular formula is C19H18ClN3O4S. The number of rotatable bonds is 6. The zero-order valence-electron chi connectivity index (χ0n) is 14.9. The maximum Gasteiger partial charge on any atom is 0.414 e. The van der Waals surface area contributed by atoms with E-state index in [1.165, 1.54) is 11.3 Å². The van der Waals surface area contributed by atoms with Crippen LogP contribution in [0.5, 0.6) is 0 Å². The lowest BCUT2D eigenvalue weighted by Gasteiger charge is -2.16. The number of ether oxygens (including phenoxy) is 1. The van der Waals surface area contributed by atoms with E-state index in [9.17, 15) is 9.59 Å². The van der Waals surface area contributed by atoms with Crippen LogP contribution in [0.25, 0.3) is 0 Å². The van der Waals surface area contributed by atoms with Crippen molar-refractivity contribution in [3.8, 4) is 0 Å². The molecule has 0 spiro atoms. The molecule has 2 aliphatic heterocycles. The minimum absolute atomic E-state index is 0.0127. The summed E-state index contributed by atoms with van der Waals surface area (Å²) < 4.78 is 6.01. The predicted octanol–water partition coefficient (Wildman–Crippen LogP) is 3.67. The van der Waals surface area contributed by atoms with Crippen LogP contribution in [0.1, 0.15) is 28.1 Å². The van der Waals surface area contributed by atoms with E-state index >= 15 is 0 Å². The molecule has 0 bridgehead atoms. The number of hydroxylamine groups is 1. The van der Waals surface area contributed by atoms with E-state index in [1.807, 2.05) is 24.3 Å². The standard InChI is InChI=1S/C19H18ClN3O4S/c20-17-8-7-16(28-17)15(24)6-5-14-11-23(19(25)27-14)13-3-1-12(2-4-13)18-21-9-10-26-22-18/h1-4,7-8,14H,5-6,9-11H2,(H,21,22)/t14-/m0/s1. The largest absolute Gasteiger partial charge is 0.444 e. The van der Waals surface area contributed by atoms with Crippen molar-refractivity contribution in [1.82, 2.24) is 5.48 Å². The Balaban J connectivity index is 1.35. The molecule has 3 heterocycles. The molecule has 0 saturated carbocycles. The van der Waals surface area contributed by atoms with Gasteiger partial charge in [-0.1, -0.05) is 11.6 Å². The first kappa shape index (κ1) is 18.9. The minimum atomic E-state index is -0.402. The van der Waals surface area contributed by atoms with E-state index in [-0.39, 0.29) is 11.9 Å². The number of benzene rings is 1. The second-order valence-electron chi connectivity index (χ2n) is 6.41. The Hall–Kier alpha value is -2.42. The SMILES string of the molecule is O=C(CC[C@H]1CN(c2ccc(C3=NCCON3)cc2)C(=O)O1)c1ccc(Cl)s1. The maximum absolute atomic E-state index is 12.2. The van der Waals surface area contributed by atoms with Crippen LogP contribution < -0.4 is 10.4 Å². The van der Waals surface area contributed by atoms with Crippen LogP contribution in [0.3, 0.4) is 0 Å². The number of carbonyl (C=O) groups is 2. The number of thiophene rings is 1. The average Bonchev–Trinajstić information content (AvgIpc) is 3.32. The highest BCUT2D eigenvalue weighted by atomic mass is 35.5. The summed E-state index contributed by atoms with van der Waals surface area (Å²) in [6, 6.07) is 10.9. The van der Waals surface area contributed by atoms with Gasteiger partial charge in [-0.3, -0.25) is 19.5 Å². The quantitative estimate of drug-likeness (QED) is 0.722. The Morgan fingerprint density at radius 1 is 1.29 bits per heavy atom. The van der Waals surface area contributed by atoms with Gasteiger partial charge >= 0.3 is 6.09 Å². The van der Waals surface area contributed by atoms with Gasteiger partial charge in [-0.25, -0.2) is 10.3 Å². The Bertz CT molecular complexity index is 912. The second kappa shape index (κ2) is 8.30. The smallest absolute Gasteiger partial charge is 0.414 e. The summed E-state index contributed by atoms with van der Waals surface area (Å²) in [5.41, 5.74) is 4.41. The fourth-order valence-corrected chi connectivity index (χ4v) is 4.08. The van der Waals surface area contributed by atoms with Gasteiger partial charge in [0.25, 0.3) is 0 Å². The zero-order valence-corrected chi connectivity index (χ0v) is 16.5. The Kier molecular flexibility index (Phi) is 5.61. The molecule has 0 radical (unpaired) electrons. The lowest BCUT2D eigenvalue weighted by Crippen LogP contribution is -2.31. The first-order chi connectivity index (χ1) is 13.6. The summed E-state index contributed by atoms with van der Waals surface area (Å²) in [6.45, 7) is 1.57. The number of halogens is 1. The highest BCUT2D eigenvalue weighted by molar-refractivity contribution is 7.18. The Morgan fingerprint density at radius 2 is 2.11 bits per heavy atom. The Labute approximate surface area is 170 Å². The van der Waals surface area contributed by atoms with E-state index in [4.69, 9.17) is 21.2 Å². The van der Waals surface area contributed by atoms with Crippen LogP contribution >= 0.6 is 22.9 Å². The highest BCUT2D eigenvalue weighted by Gasteiger charge is 2.32. The molecule has 1 fully saturated rings. The van der Waals surface area contributed by atoms with Crippen molar-refractivity contribution >= 4 is 46.3 Å². The van der Waals surface area contributed by atoms with Crippen molar-refractivity contribution in [2.24, 2.45) is 4.99 Å². The number of anilines is 1. The summed E-state index contributed by atoms with van der Waals surface area (Å²) >= 11 is 7.13. The first-order valence-electron chi connectivity index (χ1n) is 8.89. The molecule has 7 nitrogen and oxygen atoms in total. The summed E-state index contributed by atoms with van der Waals surface area (Å²) in [5, 5.41) is 0. The number of cyclic esters (lactones) is 1. The average molecular weight is 420 g/mol. The normalized spacial score (nSPS) is 19.2. The van der Waals surface area contributed by atoms with E-state index in [0.717, 1.165) is 11.3 Å². The van der Waals surface area contributed by atoms with E-state index in [0.29, 0.717) is 47.6 Å². The number of nitrogens with zero attached hydrogens (tertiary/aromatic N) is 2. The van der Waals surface area contributed by atoms with Crippen LogP contribution in [0.15, 0.2) is 41.4 Å². The number of aliphatic imine (C=N–C) groups is 1. The van der Waals surface area contributed by atoms with Crippen LogP contribution in [-0.2, 0) is 9.57 Å². The fraction of sp³-hybridized carbons (Fsp3) is 0.316. The molecule has 2 aliphatic rings. The summed E-state index contributed by atoms with van der Waals surface area (Å²) in [4.78, 5) is 36.2. The first-order valence-corrected chi connectivity index (χ1v) is 10.1. The second-order valence-corrected chi connectivity index (χ2v) is 8.12. The van der Waals surface area contributed by atoms with E-state index in [2.05, 4.69) is 10.5 Å². The van der Waals surface area contributed by atoms with Gasteiger partial charge in [0, 0.05) is 17.7 Å². The molecule has 2 aromatic rings. The van der Waals surface area contributed by atoms with Crippen molar-refractivity contribution < 1.29 is 19.2 Å². The zero-order chi connectivity index (χ0) is 19.5. The highest BCUT2D eigenvalue weighted by Crippen LogP contribution is 2.26. The molecular weight excluding hydrogens is 402 g/mol. The molecule has 1 atom stereocenters. The number of hydrogen-bond donors (Lipinski definition) is 1. The topological polar surface area (TPSA) is 80.2 Å². The number of hydrogen-bond acceptors (Lipinski definition) is 7. The third-order valence-electron chi connectivity index (χ3n) is 4.50. The molecule has 9 heteroatoms. The van der Waals surface area contributed by atoms with Crippen LogP contribution in [0.2, 0.25) is 4.34 Å². The molecule has 1 N–H and O–H groups in total. The number of nitrogens with one attached hydrogen (secondary N) is 1. The molecule has 0 unspecified atom stereocenters. The van der Waals surface area contributed by atoms with E-state index in [1.54, 1.807) is 17.0 Å². The van der Waals surface area contributed by atoms with Gasteiger partial charge in [0.15, 0.2) is 11.6 Å². The van der Waals surface area contributed by atoms with Gasteiger partial charge in [0.2, 0.25) is 0 Å². The lowest BCUT2D eigenvalue weighted by atomic mass is 10.1. The van der Waals surface area contributed by atoms with Crippen molar-refractivity contribution in [3.63, 3.8) is 0 Å². The molecule has 28 heavy (non-hydrogen) atoms. The van der Waals surface area contributed by atoms with Gasteiger partial charge in [0.05, 0.1) is 28.9 Å². The Morgan fingerprint density at radius 3 is 2.79 bits per heavy atom. The van der Waals surface area contributed by atoms with Crippen LogP contribution in [0.4, 0.5) is 10.5 Å². The number of ketones is 1. The predicted molar refractivity (Wildman–Crippen MR) is 107 cm³/mol. The maximum atomic E-state index is 12.2. The number of amidine groups is 1. The molecule has 1 saturated heterocycles. The molecule has 4 rings (SSSR count). The minimum Gasteiger partial charge on any atom is -0.444 e. The summed E-state index contributed by atoms with van der Waals surface area (Å²) in [7, 11) is 0. The third-order valence-corrected chi connectivity index (χ3v) is 5.77. The molecule has 1 aromatic carbocycles. The van der Waals surface area contributed by atoms with Gasteiger partial charge in [-0.15, -0.1) is 11.3 Å². The van der Waals surface area contributed by atoms with Gasteiger partial charge in [0.1, 0.15) is 6.10 Å². The summed E-state index contributed by atoms with van der Waals surface area (Å²) in [6.07, 6.45) is 0.0740. The third kappa shape index (κ3) is 4.19. The molecule has 146 valence electrons. The molecule has 1 aromatic heterocycles. The summed E-state index contributed by atoms with van der Waals surface area (Å²) in [5.74, 6) is 0.686. The van der Waals surface area contributed by atoms with E-state index < -0.39 is 6.09 Å². The van der Waals surface area contributed by atoms with Crippen LogP contribution in [-0.4, -0.2) is 43.5 Å². The van der Waals surface area contributed by atoms with Crippen LogP contribution in [0, 0.1) is 0 Å². The number of carbonyl (C=O) groups excluding carboxylic acids is 2. The molecule has 0 aliphatic carbocycles. The fourth-order valence-electron chi connectivity index (χ4n) is 3.07. The number of amides is 1. The molecule has 1 amide bonds. The lowest BCUT2D eigenvalue weighted by molar-refractivity contribution is 0.0826. The number of Topliss-reactive ketones (excluding diaryl/α,β-unsaturated/α-hetero) is 1. The monoisotopic (exact) mass is 419 g/mol. The van der Waals surface area contributed by atoms with Crippen molar-refractivity contribution in [3.05, 3.63) is 51.2 Å². The van der Waals surface area contributed by atoms with Crippen molar-refractivity contribution in [1.29, 1.82) is 0 Å². The van der Waals surface area contributed by atoms with Gasteiger partial charge < -0.3 is 4.74 Å². The van der Waals surface area contributed by atoms with Gasteiger partial charge in [-0.05, 0) is 42.8 Å². The van der Waals surface area contributed by atoms with Crippen molar-refractivity contribution in [2.75, 3.05) is 24.6 Å². The van der Waals surface area contributed by atoms with Gasteiger partial charge in [-0.2, -0.15) is 0 Å². The van der Waals surface area contributed by atoms with Crippen molar-refractivity contribution in [2.45, 2.75) is 18.9 Å².